The highest BCUT2D eigenvalue weighted by atomic mass is 16.4. The highest BCUT2D eigenvalue weighted by Crippen LogP contribution is 2.12. The van der Waals surface area contributed by atoms with Crippen molar-refractivity contribution in [3.8, 4) is 0 Å². The molecule has 0 spiro atoms. The van der Waals surface area contributed by atoms with E-state index in [9.17, 15) is 15.0 Å². The van der Waals surface area contributed by atoms with Crippen molar-refractivity contribution in [3.63, 3.8) is 0 Å². The number of hydrogen-bond donors (Lipinski definition) is 5. The third-order valence-electron chi connectivity index (χ3n) is 2.14. The van der Waals surface area contributed by atoms with E-state index in [1.807, 2.05) is 0 Å². The maximum atomic E-state index is 10.3. The van der Waals surface area contributed by atoms with Crippen molar-refractivity contribution in [2.75, 3.05) is 6.54 Å². The topological polar surface area (TPSA) is 110 Å². The second kappa shape index (κ2) is 4.01. The van der Waals surface area contributed by atoms with Crippen LogP contribution in [0.1, 0.15) is 6.42 Å². The normalized spacial score (nSPS) is 40.2. The Morgan fingerprint density at radius 3 is 2.46 bits per heavy atom. The van der Waals surface area contributed by atoms with Gasteiger partial charge in [-0.2, -0.15) is 0 Å². The van der Waals surface area contributed by atoms with E-state index in [1.54, 1.807) is 0 Å². The van der Waals surface area contributed by atoms with Crippen LogP contribution < -0.4 is 5.32 Å². The summed E-state index contributed by atoms with van der Waals surface area (Å²) in [7, 11) is 0. The summed E-state index contributed by atoms with van der Waals surface area (Å²) in [5.74, 6) is -1.06. The molecule has 13 heavy (non-hydrogen) atoms. The van der Waals surface area contributed by atoms with Crippen LogP contribution in [0, 0.1) is 0 Å². The van der Waals surface area contributed by atoms with Crippen LogP contribution in [-0.2, 0) is 4.79 Å². The lowest BCUT2D eigenvalue weighted by atomic mass is 9.94. The fourth-order valence-corrected chi connectivity index (χ4v) is 1.36. The molecule has 4 atom stereocenters. The van der Waals surface area contributed by atoms with E-state index in [4.69, 9.17) is 10.2 Å². The third-order valence-corrected chi connectivity index (χ3v) is 2.14. The number of aliphatic hydroxyl groups is 3. The van der Waals surface area contributed by atoms with Crippen molar-refractivity contribution in [2.24, 2.45) is 0 Å². The van der Waals surface area contributed by atoms with Crippen LogP contribution in [0.4, 0.5) is 0 Å². The summed E-state index contributed by atoms with van der Waals surface area (Å²) in [6.45, 7) is 0.0934. The fraction of sp³-hybridized carbons (Fsp3) is 0.857. The average Bonchev–Trinajstić information content (AvgIpc) is 2.06. The zero-order valence-electron chi connectivity index (χ0n) is 6.92. The highest BCUT2D eigenvalue weighted by Gasteiger charge is 2.36. The van der Waals surface area contributed by atoms with Crippen LogP contribution in [0.2, 0.25) is 0 Å². The lowest BCUT2D eigenvalue weighted by Crippen LogP contribution is -2.60. The molecule has 6 nitrogen and oxygen atoms in total. The first-order valence-electron chi connectivity index (χ1n) is 4.01. The van der Waals surface area contributed by atoms with Crippen molar-refractivity contribution >= 4 is 5.97 Å². The monoisotopic (exact) mass is 191 g/mol. The van der Waals surface area contributed by atoms with Crippen molar-refractivity contribution in [1.82, 2.24) is 5.32 Å². The van der Waals surface area contributed by atoms with Gasteiger partial charge in [-0.05, 0) is 0 Å². The molecule has 1 saturated heterocycles. The number of carboxylic acid groups (broad SMARTS) is 1. The number of hydrogen-bond acceptors (Lipinski definition) is 5. The minimum atomic E-state index is -1.27. The van der Waals surface area contributed by atoms with Crippen LogP contribution >= 0.6 is 0 Å². The molecule has 1 rings (SSSR count). The summed E-state index contributed by atoms with van der Waals surface area (Å²) in [5, 5.41) is 38.7. The number of carboxylic acids is 1. The van der Waals surface area contributed by atoms with E-state index in [2.05, 4.69) is 5.32 Å². The Kier molecular flexibility index (Phi) is 3.21. The summed E-state index contributed by atoms with van der Waals surface area (Å²) >= 11 is 0. The molecule has 0 aliphatic carbocycles. The molecule has 0 aromatic heterocycles. The molecule has 0 bridgehead atoms. The molecular formula is C7H13NO5. The van der Waals surface area contributed by atoms with Gasteiger partial charge in [0.15, 0.2) is 0 Å². The molecule has 0 amide bonds. The Hall–Kier alpha value is -0.690. The summed E-state index contributed by atoms with van der Waals surface area (Å²) < 4.78 is 0. The van der Waals surface area contributed by atoms with Crippen LogP contribution in [0.15, 0.2) is 0 Å². The molecule has 5 N–H and O–H groups in total. The van der Waals surface area contributed by atoms with Gasteiger partial charge in [-0.3, -0.25) is 4.79 Å². The number of piperidine rings is 1. The summed E-state index contributed by atoms with van der Waals surface area (Å²) in [6, 6.07) is -0.698. The van der Waals surface area contributed by atoms with E-state index in [-0.39, 0.29) is 13.0 Å². The first kappa shape index (κ1) is 10.4. The second-order valence-electron chi connectivity index (χ2n) is 3.16. The van der Waals surface area contributed by atoms with Gasteiger partial charge >= 0.3 is 5.97 Å². The smallest absolute Gasteiger partial charge is 0.305 e. The molecule has 76 valence electrons. The first-order valence-corrected chi connectivity index (χ1v) is 4.01. The van der Waals surface area contributed by atoms with Crippen LogP contribution in [-0.4, -0.2) is 57.3 Å². The zero-order chi connectivity index (χ0) is 10.0. The van der Waals surface area contributed by atoms with Crippen molar-refractivity contribution in [3.05, 3.63) is 0 Å². The van der Waals surface area contributed by atoms with Gasteiger partial charge in [-0.15, -0.1) is 0 Å². The standard InChI is InChI=1S/C7H13NO5/c9-4-2-8-3(1-5(10)11)6(12)7(4)13/h3-4,6-9,12-13H,1-2H2,(H,10,11)/t3-,4-,6+,7-/m1/s1. The van der Waals surface area contributed by atoms with Crippen LogP contribution in [0.5, 0.6) is 0 Å². The molecule has 0 unspecified atom stereocenters. The number of carbonyl (C=O) groups is 1. The molecule has 0 aromatic carbocycles. The summed E-state index contributed by atoms with van der Waals surface area (Å²) in [4.78, 5) is 10.3. The second-order valence-corrected chi connectivity index (χ2v) is 3.16. The van der Waals surface area contributed by atoms with Gasteiger partial charge in [-0.25, -0.2) is 0 Å². The highest BCUT2D eigenvalue weighted by molar-refractivity contribution is 5.67. The maximum absolute atomic E-state index is 10.3. The van der Waals surface area contributed by atoms with Gasteiger partial charge < -0.3 is 25.7 Å². The van der Waals surface area contributed by atoms with Gasteiger partial charge in [0.05, 0.1) is 18.6 Å². The predicted molar refractivity (Wildman–Crippen MR) is 42.1 cm³/mol. The number of aliphatic hydroxyl groups excluding tert-OH is 3. The molecule has 0 aromatic rings. The van der Waals surface area contributed by atoms with E-state index >= 15 is 0 Å². The maximum Gasteiger partial charge on any atom is 0.305 e. The summed E-state index contributed by atoms with van der Waals surface area (Å²) in [6.07, 6.45) is -3.82. The van der Waals surface area contributed by atoms with Crippen LogP contribution in [0.3, 0.4) is 0 Å². The minimum Gasteiger partial charge on any atom is -0.481 e. The molecule has 1 aliphatic heterocycles. The molecule has 6 heteroatoms. The van der Waals surface area contributed by atoms with E-state index in [0.717, 1.165) is 0 Å². The molecule has 1 heterocycles. The molecule has 0 radical (unpaired) electrons. The number of aliphatic carboxylic acids is 1. The van der Waals surface area contributed by atoms with E-state index in [1.165, 1.54) is 0 Å². The average molecular weight is 191 g/mol. The van der Waals surface area contributed by atoms with Gasteiger partial charge in [0.2, 0.25) is 0 Å². The zero-order valence-corrected chi connectivity index (χ0v) is 6.92. The quantitative estimate of drug-likeness (QED) is 0.330. The lowest BCUT2D eigenvalue weighted by molar-refractivity contribution is -0.141. The fourth-order valence-electron chi connectivity index (χ4n) is 1.36. The number of rotatable bonds is 2. The SMILES string of the molecule is O=C(O)C[C@H]1NC[C@@H](O)[C@@H](O)[C@H]1O. The molecule has 1 aliphatic rings. The van der Waals surface area contributed by atoms with Gasteiger partial charge in [0, 0.05) is 12.6 Å². The number of β-amino-alcohol motifs (C(OH)–C–C–N with tert-alkyl or cyclic N) is 1. The third kappa shape index (κ3) is 2.38. The first-order chi connectivity index (χ1) is 6.02. The lowest BCUT2D eigenvalue weighted by Gasteiger charge is -2.35. The van der Waals surface area contributed by atoms with Gasteiger partial charge in [0.1, 0.15) is 6.10 Å². The number of nitrogens with one attached hydrogen (secondary N) is 1. The summed E-state index contributed by atoms with van der Waals surface area (Å²) in [5.41, 5.74) is 0. The van der Waals surface area contributed by atoms with Crippen molar-refractivity contribution in [1.29, 1.82) is 0 Å². The van der Waals surface area contributed by atoms with Gasteiger partial charge in [0.25, 0.3) is 0 Å². The Bertz CT molecular complexity index is 197. The molecular weight excluding hydrogens is 178 g/mol. The Morgan fingerprint density at radius 2 is 1.92 bits per heavy atom. The van der Waals surface area contributed by atoms with E-state index in [0.29, 0.717) is 0 Å². The minimum absolute atomic E-state index is 0.0934. The Labute approximate surface area is 74.8 Å². The van der Waals surface area contributed by atoms with Crippen molar-refractivity contribution in [2.45, 2.75) is 30.8 Å². The van der Waals surface area contributed by atoms with Gasteiger partial charge in [-0.1, -0.05) is 0 Å². The van der Waals surface area contributed by atoms with Crippen molar-refractivity contribution < 1.29 is 25.2 Å². The Morgan fingerprint density at radius 1 is 1.31 bits per heavy atom. The Balaban J connectivity index is 2.53. The van der Waals surface area contributed by atoms with Crippen LogP contribution in [0.25, 0.3) is 0 Å². The molecule has 0 saturated carbocycles. The largest absolute Gasteiger partial charge is 0.481 e. The molecule has 1 fully saturated rings. The van der Waals surface area contributed by atoms with E-state index < -0.39 is 30.3 Å². The predicted octanol–water partition coefficient (Wildman–Crippen LogP) is -2.48.